The summed E-state index contributed by atoms with van der Waals surface area (Å²) in [4.78, 5) is 0.102. The Morgan fingerprint density at radius 2 is 1.64 bits per heavy atom. The van der Waals surface area contributed by atoms with Gasteiger partial charge in [-0.3, -0.25) is 4.72 Å². The second-order valence-corrected chi connectivity index (χ2v) is 6.84. The van der Waals surface area contributed by atoms with Crippen LogP contribution in [0.25, 0.3) is 10.8 Å². The van der Waals surface area contributed by atoms with Crippen molar-refractivity contribution < 1.29 is 13.5 Å². The van der Waals surface area contributed by atoms with E-state index in [1.54, 1.807) is 12.1 Å². The van der Waals surface area contributed by atoms with E-state index in [1.165, 1.54) is 24.3 Å². The summed E-state index contributed by atoms with van der Waals surface area (Å²) in [6, 6.07) is 16.7. The van der Waals surface area contributed by atoms with Crippen LogP contribution in [0.3, 0.4) is 0 Å². The summed E-state index contributed by atoms with van der Waals surface area (Å²) < 4.78 is 27.3. The molecule has 0 aliphatic rings. The molecule has 0 unspecified atom stereocenters. The number of nitrogens with one attached hydrogen (secondary N) is 1. The third kappa shape index (κ3) is 2.73. The van der Waals surface area contributed by atoms with Crippen LogP contribution in [0.15, 0.2) is 65.6 Å². The number of sulfonamides is 1. The fourth-order valence-corrected chi connectivity index (χ4v) is 3.54. The number of para-hydroxylation sites is 1. The van der Waals surface area contributed by atoms with E-state index < -0.39 is 10.0 Å². The van der Waals surface area contributed by atoms with E-state index in [2.05, 4.69) is 4.72 Å². The van der Waals surface area contributed by atoms with E-state index in [1.807, 2.05) is 24.3 Å². The number of rotatable bonds is 3. The highest BCUT2D eigenvalue weighted by molar-refractivity contribution is 7.92. The van der Waals surface area contributed by atoms with Gasteiger partial charge in [-0.2, -0.15) is 0 Å². The van der Waals surface area contributed by atoms with Gasteiger partial charge in [-0.25, -0.2) is 8.42 Å². The maximum absolute atomic E-state index is 12.5. The zero-order valence-corrected chi connectivity index (χ0v) is 12.9. The quantitative estimate of drug-likeness (QED) is 0.712. The average Bonchev–Trinajstić information content (AvgIpc) is 2.50. The Bertz CT molecular complexity index is 934. The Balaban J connectivity index is 2.05. The van der Waals surface area contributed by atoms with Crippen LogP contribution < -0.4 is 4.72 Å². The molecule has 3 aromatic carbocycles. The maximum atomic E-state index is 12.5. The average molecular weight is 334 g/mol. The van der Waals surface area contributed by atoms with Crippen molar-refractivity contribution in [1.82, 2.24) is 0 Å². The minimum atomic E-state index is -3.84. The maximum Gasteiger partial charge on any atom is 0.262 e. The monoisotopic (exact) mass is 333 g/mol. The van der Waals surface area contributed by atoms with Crippen molar-refractivity contribution in [2.75, 3.05) is 4.72 Å². The molecule has 0 bridgehead atoms. The Hall–Kier alpha value is -2.24. The lowest BCUT2D eigenvalue weighted by Gasteiger charge is -2.11. The molecule has 0 aliphatic carbocycles. The Morgan fingerprint density at radius 3 is 2.36 bits per heavy atom. The molecule has 0 atom stereocenters. The highest BCUT2D eigenvalue weighted by Gasteiger charge is 2.18. The predicted octanol–water partition coefficient (Wildman–Crippen LogP) is 4.00. The van der Waals surface area contributed by atoms with Crippen LogP contribution in [0.2, 0.25) is 5.02 Å². The lowest BCUT2D eigenvalue weighted by Crippen LogP contribution is -2.13. The second kappa shape index (κ2) is 5.51. The van der Waals surface area contributed by atoms with E-state index in [0.29, 0.717) is 0 Å². The van der Waals surface area contributed by atoms with Crippen molar-refractivity contribution in [3.63, 3.8) is 0 Å². The first-order valence-corrected chi connectivity index (χ1v) is 8.32. The molecular formula is C16H12ClNO3S. The van der Waals surface area contributed by atoms with Crippen LogP contribution in [-0.2, 0) is 10.0 Å². The van der Waals surface area contributed by atoms with Crippen molar-refractivity contribution in [2.45, 2.75) is 4.90 Å². The minimum absolute atomic E-state index is 0.0303. The fourth-order valence-electron chi connectivity index (χ4n) is 2.14. The number of phenols is 1. The highest BCUT2D eigenvalue weighted by Crippen LogP contribution is 2.33. The van der Waals surface area contributed by atoms with Gasteiger partial charge in [-0.05, 0) is 35.0 Å². The molecule has 3 rings (SSSR count). The predicted molar refractivity (Wildman–Crippen MR) is 87.9 cm³/mol. The largest absolute Gasteiger partial charge is 0.506 e. The van der Waals surface area contributed by atoms with Crippen LogP contribution in [0.5, 0.6) is 5.75 Å². The van der Waals surface area contributed by atoms with E-state index >= 15 is 0 Å². The molecule has 0 spiro atoms. The molecule has 6 heteroatoms. The summed E-state index contributed by atoms with van der Waals surface area (Å²) in [6.45, 7) is 0. The van der Waals surface area contributed by atoms with Crippen LogP contribution in [0.4, 0.5) is 5.69 Å². The van der Waals surface area contributed by atoms with Gasteiger partial charge in [0.1, 0.15) is 11.4 Å². The normalized spacial score (nSPS) is 11.5. The number of aromatic hydroxyl groups is 1. The zero-order chi connectivity index (χ0) is 15.7. The second-order valence-electron chi connectivity index (χ2n) is 4.75. The summed E-state index contributed by atoms with van der Waals surface area (Å²) in [5.74, 6) is -0.225. The molecule has 0 fully saturated rings. The zero-order valence-electron chi connectivity index (χ0n) is 11.3. The van der Waals surface area contributed by atoms with E-state index in [9.17, 15) is 13.5 Å². The number of anilines is 1. The first-order valence-electron chi connectivity index (χ1n) is 6.46. The van der Waals surface area contributed by atoms with Crippen molar-refractivity contribution >= 4 is 38.1 Å². The number of benzene rings is 3. The molecule has 4 nitrogen and oxygen atoms in total. The van der Waals surface area contributed by atoms with Crippen LogP contribution in [0.1, 0.15) is 0 Å². The lowest BCUT2D eigenvalue weighted by atomic mass is 10.1. The molecule has 112 valence electrons. The van der Waals surface area contributed by atoms with Crippen molar-refractivity contribution in [2.24, 2.45) is 0 Å². The molecule has 22 heavy (non-hydrogen) atoms. The summed E-state index contributed by atoms with van der Waals surface area (Å²) in [6.07, 6.45) is 0. The minimum Gasteiger partial charge on any atom is -0.506 e. The smallest absolute Gasteiger partial charge is 0.262 e. The van der Waals surface area contributed by atoms with Crippen LogP contribution >= 0.6 is 11.6 Å². The number of hydrogen-bond donors (Lipinski definition) is 2. The molecule has 0 aliphatic heterocycles. The summed E-state index contributed by atoms with van der Waals surface area (Å²) in [5.41, 5.74) is -0.0303. The summed E-state index contributed by atoms with van der Waals surface area (Å²) in [7, 11) is -3.84. The van der Waals surface area contributed by atoms with E-state index in [4.69, 9.17) is 11.6 Å². The molecule has 2 N–H and O–H groups in total. The first-order chi connectivity index (χ1) is 10.5. The van der Waals surface area contributed by atoms with Gasteiger partial charge in [0.15, 0.2) is 0 Å². The van der Waals surface area contributed by atoms with Gasteiger partial charge in [0, 0.05) is 0 Å². The highest BCUT2D eigenvalue weighted by atomic mass is 35.5. The van der Waals surface area contributed by atoms with Gasteiger partial charge < -0.3 is 5.11 Å². The Kier molecular flexibility index (Phi) is 3.68. The SMILES string of the molecule is O=S(=O)(Nc1c(O)cccc1Cl)c1ccc2ccccc2c1. The number of hydrogen-bond acceptors (Lipinski definition) is 3. The Morgan fingerprint density at radius 1 is 0.909 bits per heavy atom. The van der Waals surface area contributed by atoms with Gasteiger partial charge >= 0.3 is 0 Å². The molecule has 0 radical (unpaired) electrons. The first kappa shape index (κ1) is 14.7. The number of halogens is 1. The summed E-state index contributed by atoms with van der Waals surface area (Å²) in [5, 5.41) is 11.7. The van der Waals surface area contributed by atoms with Gasteiger partial charge in [0.25, 0.3) is 10.0 Å². The molecule has 3 aromatic rings. The standard InChI is InChI=1S/C16H12ClNO3S/c17-14-6-3-7-15(19)16(14)18-22(20,21)13-9-8-11-4-1-2-5-12(11)10-13/h1-10,18-19H. The number of fused-ring (bicyclic) bond motifs is 1. The molecule has 0 aromatic heterocycles. The van der Waals surface area contributed by atoms with Gasteiger partial charge in [-0.1, -0.05) is 48.0 Å². The Labute approximate surface area is 133 Å². The summed E-state index contributed by atoms with van der Waals surface area (Å²) >= 11 is 5.93. The van der Waals surface area contributed by atoms with Gasteiger partial charge in [-0.15, -0.1) is 0 Å². The van der Waals surface area contributed by atoms with Crippen molar-refractivity contribution in [3.8, 4) is 5.75 Å². The molecular weight excluding hydrogens is 322 g/mol. The van der Waals surface area contributed by atoms with E-state index in [-0.39, 0.29) is 21.4 Å². The van der Waals surface area contributed by atoms with Gasteiger partial charge in [0.05, 0.1) is 9.92 Å². The lowest BCUT2D eigenvalue weighted by molar-refractivity contribution is 0.477. The third-order valence-corrected chi connectivity index (χ3v) is 4.92. The van der Waals surface area contributed by atoms with E-state index in [0.717, 1.165) is 10.8 Å². The van der Waals surface area contributed by atoms with Gasteiger partial charge in [0.2, 0.25) is 0 Å². The fraction of sp³-hybridized carbons (Fsp3) is 0. The molecule has 0 saturated carbocycles. The van der Waals surface area contributed by atoms with Crippen LogP contribution in [0, 0.1) is 0 Å². The third-order valence-electron chi connectivity index (χ3n) is 3.26. The molecule has 0 saturated heterocycles. The van der Waals surface area contributed by atoms with Crippen LogP contribution in [-0.4, -0.2) is 13.5 Å². The molecule has 0 amide bonds. The van der Waals surface area contributed by atoms with Crippen molar-refractivity contribution in [1.29, 1.82) is 0 Å². The molecule has 0 heterocycles. The van der Waals surface area contributed by atoms with Crippen molar-refractivity contribution in [3.05, 3.63) is 65.7 Å². The topological polar surface area (TPSA) is 66.4 Å². The number of phenolic OH excluding ortho intramolecular Hbond substituents is 1.